The van der Waals surface area contributed by atoms with Gasteiger partial charge in [-0.3, -0.25) is 9.59 Å². The Kier molecular flexibility index (Phi) is 5.52. The molecule has 21 heavy (non-hydrogen) atoms. The first kappa shape index (κ1) is 16.2. The number of benzene rings is 1. The second-order valence-electron chi connectivity index (χ2n) is 3.94. The molecule has 2 aromatic rings. The molecule has 8 heteroatoms. The van der Waals surface area contributed by atoms with Gasteiger partial charge in [-0.1, -0.05) is 35.3 Å². The number of nitrogens with two attached hydrogens (primary N) is 1. The van der Waals surface area contributed by atoms with Gasteiger partial charge < -0.3 is 11.1 Å². The molecule has 0 aliphatic heterocycles. The Morgan fingerprint density at radius 2 is 2.00 bits per heavy atom. The number of thiophene rings is 1. The van der Waals surface area contributed by atoms with Gasteiger partial charge in [-0.15, -0.1) is 23.1 Å². The van der Waals surface area contributed by atoms with Crippen molar-refractivity contribution in [3.8, 4) is 0 Å². The molecule has 2 rings (SSSR count). The van der Waals surface area contributed by atoms with Crippen molar-refractivity contribution in [1.82, 2.24) is 0 Å². The third-order valence-corrected chi connectivity index (χ3v) is 4.99. The summed E-state index contributed by atoms with van der Waals surface area (Å²) in [5, 5.41) is 2.76. The van der Waals surface area contributed by atoms with Crippen LogP contribution in [0.2, 0.25) is 8.67 Å². The first-order valence-electron chi connectivity index (χ1n) is 5.73. The number of nitrogens with one attached hydrogen (secondary N) is 1. The fraction of sp³-hybridized carbons (Fsp3) is 0.0769. The molecule has 3 N–H and O–H groups in total. The highest BCUT2D eigenvalue weighted by molar-refractivity contribution is 8.00. The third-order valence-electron chi connectivity index (χ3n) is 2.41. The van der Waals surface area contributed by atoms with Crippen molar-refractivity contribution in [3.05, 3.63) is 44.6 Å². The molecule has 2 amide bonds. The normalized spacial score (nSPS) is 10.4. The lowest BCUT2D eigenvalue weighted by Gasteiger charge is -2.09. The molecule has 0 radical (unpaired) electrons. The van der Waals surface area contributed by atoms with E-state index in [1.165, 1.54) is 17.8 Å². The Bertz CT molecular complexity index is 689. The lowest BCUT2D eigenvalue weighted by molar-refractivity contribution is -0.115. The second-order valence-corrected chi connectivity index (χ2v) is 7.25. The predicted octanol–water partition coefficient (Wildman–Crippen LogP) is 3.88. The maximum absolute atomic E-state index is 12.2. The van der Waals surface area contributed by atoms with E-state index in [2.05, 4.69) is 5.32 Å². The molecule has 1 aromatic carbocycles. The largest absolute Gasteiger partial charge is 0.369 e. The highest BCUT2D eigenvalue weighted by atomic mass is 35.5. The van der Waals surface area contributed by atoms with E-state index in [9.17, 15) is 9.59 Å². The fourth-order valence-electron chi connectivity index (χ4n) is 1.53. The van der Waals surface area contributed by atoms with Crippen LogP contribution < -0.4 is 11.1 Å². The fourth-order valence-corrected chi connectivity index (χ4v) is 3.73. The Labute approximate surface area is 139 Å². The summed E-state index contributed by atoms with van der Waals surface area (Å²) in [6, 6.07) is 8.65. The van der Waals surface area contributed by atoms with Crippen molar-refractivity contribution in [2.75, 3.05) is 11.1 Å². The van der Waals surface area contributed by atoms with Gasteiger partial charge in [0.25, 0.3) is 5.91 Å². The summed E-state index contributed by atoms with van der Waals surface area (Å²) in [7, 11) is 0. The molecule has 1 heterocycles. The Hall–Kier alpha value is -1.21. The first-order valence-corrected chi connectivity index (χ1v) is 8.29. The number of carbonyl (C=O) groups excluding carboxylic acids is 2. The molecule has 0 fully saturated rings. The first-order chi connectivity index (χ1) is 9.97. The molecule has 0 atom stereocenters. The number of primary amides is 1. The van der Waals surface area contributed by atoms with Crippen LogP contribution in [0.15, 0.2) is 35.2 Å². The minimum atomic E-state index is -0.422. The van der Waals surface area contributed by atoms with Gasteiger partial charge in [0.1, 0.15) is 4.34 Å². The lowest BCUT2D eigenvalue weighted by Crippen LogP contribution is -2.14. The summed E-state index contributed by atoms with van der Waals surface area (Å²) in [6.45, 7) is 0. The molecule has 1 aromatic heterocycles. The second kappa shape index (κ2) is 7.17. The van der Waals surface area contributed by atoms with E-state index in [4.69, 9.17) is 28.9 Å². The number of amides is 2. The third kappa shape index (κ3) is 4.38. The van der Waals surface area contributed by atoms with Crippen LogP contribution in [0.3, 0.4) is 0 Å². The molecule has 0 bridgehead atoms. The van der Waals surface area contributed by atoms with E-state index in [0.29, 0.717) is 19.9 Å². The van der Waals surface area contributed by atoms with Gasteiger partial charge in [0.15, 0.2) is 0 Å². The lowest BCUT2D eigenvalue weighted by atomic mass is 10.3. The van der Waals surface area contributed by atoms with Crippen LogP contribution in [0.5, 0.6) is 0 Å². The summed E-state index contributed by atoms with van der Waals surface area (Å²) in [6.07, 6.45) is 0. The van der Waals surface area contributed by atoms with Gasteiger partial charge in [0.05, 0.1) is 21.3 Å². The van der Waals surface area contributed by atoms with E-state index < -0.39 is 5.91 Å². The highest BCUT2D eigenvalue weighted by Gasteiger charge is 2.15. The van der Waals surface area contributed by atoms with Gasteiger partial charge in [0.2, 0.25) is 5.91 Å². The van der Waals surface area contributed by atoms with Gasteiger partial charge in [-0.25, -0.2) is 0 Å². The molecule has 0 saturated heterocycles. The minimum Gasteiger partial charge on any atom is -0.369 e. The number of para-hydroxylation sites is 1. The van der Waals surface area contributed by atoms with E-state index in [1.54, 1.807) is 18.2 Å². The molecular weight excluding hydrogens is 351 g/mol. The number of anilines is 1. The summed E-state index contributed by atoms with van der Waals surface area (Å²) in [4.78, 5) is 23.8. The van der Waals surface area contributed by atoms with Crippen molar-refractivity contribution in [2.24, 2.45) is 5.73 Å². The Morgan fingerprint density at radius 1 is 1.29 bits per heavy atom. The Morgan fingerprint density at radius 3 is 2.62 bits per heavy atom. The van der Waals surface area contributed by atoms with Gasteiger partial charge in [0, 0.05) is 4.90 Å². The average Bonchev–Trinajstić information content (AvgIpc) is 2.76. The van der Waals surface area contributed by atoms with Gasteiger partial charge in [-0.05, 0) is 18.2 Å². The zero-order valence-corrected chi connectivity index (χ0v) is 13.7. The van der Waals surface area contributed by atoms with Crippen LogP contribution >= 0.6 is 46.3 Å². The number of halogens is 2. The van der Waals surface area contributed by atoms with Crippen LogP contribution in [0.4, 0.5) is 5.69 Å². The van der Waals surface area contributed by atoms with Gasteiger partial charge >= 0.3 is 0 Å². The molecule has 0 aliphatic rings. The van der Waals surface area contributed by atoms with Crippen LogP contribution in [-0.4, -0.2) is 17.6 Å². The van der Waals surface area contributed by atoms with Crippen LogP contribution in [0.25, 0.3) is 0 Å². The zero-order chi connectivity index (χ0) is 15.4. The minimum absolute atomic E-state index is 0.137. The van der Waals surface area contributed by atoms with Crippen LogP contribution in [-0.2, 0) is 4.79 Å². The maximum atomic E-state index is 12.2. The smallest absolute Gasteiger partial charge is 0.258 e. The van der Waals surface area contributed by atoms with E-state index in [-0.39, 0.29) is 11.7 Å². The number of thioether (sulfide) groups is 1. The molecule has 0 unspecified atom stereocenters. The predicted molar refractivity (Wildman–Crippen MR) is 88.7 cm³/mol. The van der Waals surface area contributed by atoms with Crippen molar-refractivity contribution in [3.63, 3.8) is 0 Å². The monoisotopic (exact) mass is 360 g/mol. The summed E-state index contributed by atoms with van der Waals surface area (Å²) >= 11 is 14.2. The van der Waals surface area contributed by atoms with E-state index >= 15 is 0 Å². The topological polar surface area (TPSA) is 72.2 Å². The summed E-state index contributed by atoms with van der Waals surface area (Å²) < 4.78 is 0.779. The van der Waals surface area contributed by atoms with Gasteiger partial charge in [-0.2, -0.15) is 0 Å². The molecule has 110 valence electrons. The van der Waals surface area contributed by atoms with Crippen LogP contribution in [0.1, 0.15) is 10.4 Å². The average molecular weight is 361 g/mol. The molecule has 0 spiro atoms. The van der Waals surface area contributed by atoms with E-state index in [1.807, 2.05) is 6.07 Å². The number of rotatable bonds is 5. The molecule has 0 aliphatic carbocycles. The number of hydrogen-bond acceptors (Lipinski definition) is 4. The Balaban J connectivity index is 2.17. The van der Waals surface area contributed by atoms with Crippen molar-refractivity contribution >= 4 is 63.8 Å². The summed E-state index contributed by atoms with van der Waals surface area (Å²) in [5.74, 6) is -0.637. The number of hydrogen-bond donors (Lipinski definition) is 2. The van der Waals surface area contributed by atoms with Crippen molar-refractivity contribution in [2.45, 2.75) is 4.90 Å². The molecule has 0 saturated carbocycles. The van der Waals surface area contributed by atoms with E-state index in [0.717, 1.165) is 16.2 Å². The highest BCUT2D eigenvalue weighted by Crippen LogP contribution is 2.33. The quantitative estimate of drug-likeness (QED) is 0.794. The number of carbonyl (C=O) groups is 2. The van der Waals surface area contributed by atoms with Crippen molar-refractivity contribution in [1.29, 1.82) is 0 Å². The molecule has 4 nitrogen and oxygen atoms in total. The van der Waals surface area contributed by atoms with Crippen molar-refractivity contribution < 1.29 is 9.59 Å². The maximum Gasteiger partial charge on any atom is 0.258 e. The molecular formula is C13H10Cl2N2O2S2. The zero-order valence-electron chi connectivity index (χ0n) is 10.6. The van der Waals surface area contributed by atoms with Crippen LogP contribution in [0, 0.1) is 0 Å². The standard InChI is InChI=1S/C13H10Cl2N2O2S2/c14-10-5-7(12(15)21-10)13(19)17-8-3-1-2-4-9(8)20-6-11(16)18/h1-5H,6H2,(H2,16,18)(H,17,19). The summed E-state index contributed by atoms with van der Waals surface area (Å²) in [5.41, 5.74) is 6.04. The SMILES string of the molecule is NC(=O)CSc1ccccc1NC(=O)c1cc(Cl)sc1Cl.